The SMILES string of the molecule is CCC(C)CCCCCCCCCCCCCCCCCCCCC(=O)O[C@H](COC(=O)CCCCCCCCCC(C)C)COP(=O)(O)OCC(O)COP(=O)(O)OC[C@@H](COC(=O)CCCCCCCCCCCCCCCCC(C)CC)OC(=O)CCCCCCCCCCC(C)C. The van der Waals surface area contributed by atoms with Gasteiger partial charge in [-0.15, -0.1) is 0 Å². The van der Waals surface area contributed by atoms with Gasteiger partial charge in [-0.1, -0.05) is 370 Å². The number of esters is 4. The first-order valence-electron chi connectivity index (χ1n) is 42.3. The second-order valence-corrected chi connectivity index (χ2v) is 33.9. The third kappa shape index (κ3) is 73.4. The quantitative estimate of drug-likeness (QED) is 0.0222. The highest BCUT2D eigenvalue weighted by atomic mass is 31.2. The zero-order chi connectivity index (χ0) is 74.6. The molecule has 0 radical (unpaired) electrons. The Morgan fingerprint density at radius 1 is 0.277 bits per heavy atom. The molecule has 0 aromatic rings. The molecular weight excluding hydrogens is 1320 g/mol. The van der Waals surface area contributed by atoms with E-state index in [-0.39, 0.29) is 25.7 Å². The number of unbranched alkanes of at least 4 members (excludes halogenated alkanes) is 43. The molecule has 0 aliphatic heterocycles. The molecule has 0 aromatic heterocycles. The van der Waals surface area contributed by atoms with Gasteiger partial charge in [0.15, 0.2) is 12.2 Å². The molecule has 5 unspecified atom stereocenters. The van der Waals surface area contributed by atoms with Crippen molar-refractivity contribution in [3.8, 4) is 0 Å². The smallest absolute Gasteiger partial charge is 0.462 e. The first-order chi connectivity index (χ1) is 48.7. The van der Waals surface area contributed by atoms with Crippen LogP contribution in [0.1, 0.15) is 421 Å². The van der Waals surface area contributed by atoms with Gasteiger partial charge in [0.05, 0.1) is 26.4 Å². The molecule has 0 bridgehead atoms. The number of phosphoric acid groups is 2. The van der Waals surface area contributed by atoms with E-state index in [1.54, 1.807) is 0 Å². The normalized spacial score (nSPS) is 14.5. The molecule has 7 atom stereocenters. The van der Waals surface area contributed by atoms with Crippen LogP contribution in [0, 0.1) is 23.7 Å². The van der Waals surface area contributed by atoms with Crippen molar-refractivity contribution in [1.82, 2.24) is 0 Å². The van der Waals surface area contributed by atoms with Crippen molar-refractivity contribution in [3.63, 3.8) is 0 Å². The van der Waals surface area contributed by atoms with Gasteiger partial charge in [0.25, 0.3) is 0 Å². The van der Waals surface area contributed by atoms with Crippen molar-refractivity contribution in [2.24, 2.45) is 23.7 Å². The van der Waals surface area contributed by atoms with Crippen LogP contribution in [-0.4, -0.2) is 96.7 Å². The fourth-order valence-corrected chi connectivity index (χ4v) is 14.1. The van der Waals surface area contributed by atoms with E-state index >= 15 is 0 Å². The highest BCUT2D eigenvalue weighted by Gasteiger charge is 2.30. The van der Waals surface area contributed by atoms with Crippen molar-refractivity contribution in [3.05, 3.63) is 0 Å². The van der Waals surface area contributed by atoms with E-state index in [2.05, 4.69) is 55.4 Å². The van der Waals surface area contributed by atoms with Gasteiger partial charge in [-0.25, -0.2) is 9.13 Å². The van der Waals surface area contributed by atoms with E-state index in [9.17, 15) is 43.2 Å². The van der Waals surface area contributed by atoms with E-state index in [0.717, 1.165) is 108 Å². The zero-order valence-electron chi connectivity index (χ0n) is 66.5. The average Bonchev–Trinajstić information content (AvgIpc) is 0.929. The number of carbonyl (C=O) groups is 4. The molecule has 0 rings (SSSR count). The predicted molar refractivity (Wildman–Crippen MR) is 414 cm³/mol. The molecule has 19 heteroatoms. The lowest BCUT2D eigenvalue weighted by molar-refractivity contribution is -0.161. The Labute approximate surface area is 619 Å². The summed E-state index contributed by atoms with van der Waals surface area (Å²) in [5.74, 6) is 1.03. The Morgan fingerprint density at radius 2 is 0.475 bits per heavy atom. The highest BCUT2D eigenvalue weighted by molar-refractivity contribution is 7.47. The number of ether oxygens (including phenoxy) is 4. The lowest BCUT2D eigenvalue weighted by atomic mass is 9.99. The summed E-state index contributed by atoms with van der Waals surface area (Å²) in [4.78, 5) is 73.0. The van der Waals surface area contributed by atoms with Gasteiger partial charge in [-0.3, -0.25) is 37.3 Å². The number of phosphoric ester groups is 2. The van der Waals surface area contributed by atoms with Gasteiger partial charge in [0, 0.05) is 25.7 Å². The molecule has 0 fully saturated rings. The third-order valence-corrected chi connectivity index (χ3v) is 21.7. The molecule has 0 amide bonds. The second kappa shape index (κ2) is 71.0. The Morgan fingerprint density at radius 3 is 0.703 bits per heavy atom. The topological polar surface area (TPSA) is 237 Å². The molecule has 0 aliphatic carbocycles. The maximum Gasteiger partial charge on any atom is 0.472 e. The van der Waals surface area contributed by atoms with Crippen LogP contribution in [0.15, 0.2) is 0 Å². The van der Waals surface area contributed by atoms with Crippen LogP contribution in [0.5, 0.6) is 0 Å². The van der Waals surface area contributed by atoms with Crippen molar-refractivity contribution >= 4 is 39.5 Å². The molecule has 0 aromatic carbocycles. The molecule has 0 aliphatic rings. The van der Waals surface area contributed by atoms with E-state index < -0.39 is 97.5 Å². The van der Waals surface area contributed by atoms with Crippen LogP contribution < -0.4 is 0 Å². The first-order valence-corrected chi connectivity index (χ1v) is 45.3. The molecule has 0 heterocycles. The molecule has 600 valence electrons. The van der Waals surface area contributed by atoms with Crippen LogP contribution in [0.2, 0.25) is 0 Å². The first kappa shape index (κ1) is 99.1. The number of carbonyl (C=O) groups excluding carboxylic acids is 4. The number of hydrogen-bond acceptors (Lipinski definition) is 15. The highest BCUT2D eigenvalue weighted by Crippen LogP contribution is 2.45. The largest absolute Gasteiger partial charge is 0.472 e. The summed E-state index contributed by atoms with van der Waals surface area (Å²) in [5.41, 5.74) is 0. The summed E-state index contributed by atoms with van der Waals surface area (Å²) in [7, 11) is -9.92. The van der Waals surface area contributed by atoms with Gasteiger partial charge in [-0.05, 0) is 49.4 Å². The minimum atomic E-state index is -4.96. The predicted octanol–water partition coefficient (Wildman–Crippen LogP) is 24.4. The van der Waals surface area contributed by atoms with Gasteiger partial charge < -0.3 is 33.8 Å². The van der Waals surface area contributed by atoms with E-state index in [4.69, 9.17) is 37.0 Å². The van der Waals surface area contributed by atoms with Crippen molar-refractivity contribution in [2.75, 3.05) is 39.6 Å². The molecule has 0 saturated heterocycles. The monoisotopic (exact) mass is 1480 g/mol. The van der Waals surface area contributed by atoms with Gasteiger partial charge >= 0.3 is 39.5 Å². The number of aliphatic hydroxyl groups excluding tert-OH is 1. The van der Waals surface area contributed by atoms with Crippen molar-refractivity contribution < 1.29 is 80.2 Å². The fraction of sp³-hybridized carbons (Fsp3) is 0.951. The Hall–Kier alpha value is -1.94. The summed E-state index contributed by atoms with van der Waals surface area (Å²) >= 11 is 0. The third-order valence-electron chi connectivity index (χ3n) is 19.8. The van der Waals surface area contributed by atoms with E-state index in [0.29, 0.717) is 37.5 Å². The molecule has 3 N–H and O–H groups in total. The fourth-order valence-electron chi connectivity index (χ4n) is 12.5. The van der Waals surface area contributed by atoms with Crippen LogP contribution in [0.3, 0.4) is 0 Å². The maximum absolute atomic E-state index is 13.1. The molecular formula is C82H160O17P2. The lowest BCUT2D eigenvalue weighted by Crippen LogP contribution is -2.30. The lowest BCUT2D eigenvalue weighted by Gasteiger charge is -2.21. The minimum Gasteiger partial charge on any atom is -0.462 e. The average molecular weight is 1480 g/mol. The summed E-state index contributed by atoms with van der Waals surface area (Å²) in [6.45, 7) is 14.3. The molecule has 0 spiro atoms. The zero-order valence-corrected chi connectivity index (χ0v) is 68.3. The number of hydrogen-bond donors (Lipinski definition) is 3. The van der Waals surface area contributed by atoms with Gasteiger partial charge in [0.1, 0.15) is 19.3 Å². The number of aliphatic hydroxyl groups is 1. The Balaban J connectivity index is 5.15. The van der Waals surface area contributed by atoms with Crippen LogP contribution in [-0.2, 0) is 65.4 Å². The number of rotatable bonds is 79. The minimum absolute atomic E-state index is 0.104. The summed E-state index contributed by atoms with van der Waals surface area (Å²) in [6, 6.07) is 0. The summed E-state index contributed by atoms with van der Waals surface area (Å²) in [6.07, 6.45) is 58.4. The molecule has 101 heavy (non-hydrogen) atoms. The standard InChI is InChI=1S/C82H160O17P2/c1-9-74(7)60-52-44-36-27-23-19-15-13-11-12-14-16-22-26-30-39-48-56-64-81(86)98-78(69-93-80(85)63-55-47-41-33-35-43-51-59-73(5)6)71-97-101(90,91)95-67-76(83)66-94-100(88,89)96-70-77(99-82(87)65-57-49-40-32-31-34-42-50-58-72(3)4)68-92-79(84)62-54-46-38-29-25-21-18-17-20-24-28-37-45-53-61-75(8)10-2/h72-78,83H,9-71H2,1-8H3,(H,88,89)(H,90,91)/t74?,75?,76?,77-,78-/m1/s1. The van der Waals surface area contributed by atoms with Crippen LogP contribution in [0.4, 0.5) is 0 Å². The maximum atomic E-state index is 13.1. The Kier molecular flexibility index (Phi) is 69.6. The van der Waals surface area contributed by atoms with E-state index in [1.807, 2.05) is 0 Å². The molecule has 0 saturated carbocycles. The van der Waals surface area contributed by atoms with Gasteiger partial charge in [-0.2, -0.15) is 0 Å². The second-order valence-electron chi connectivity index (χ2n) is 31.0. The summed E-state index contributed by atoms with van der Waals surface area (Å²) < 4.78 is 68.7. The van der Waals surface area contributed by atoms with Crippen molar-refractivity contribution in [1.29, 1.82) is 0 Å². The molecule has 17 nitrogen and oxygen atoms in total. The van der Waals surface area contributed by atoms with Crippen LogP contribution >= 0.6 is 15.6 Å². The Bertz CT molecular complexity index is 1980. The van der Waals surface area contributed by atoms with E-state index in [1.165, 1.54) is 218 Å². The van der Waals surface area contributed by atoms with Gasteiger partial charge in [0.2, 0.25) is 0 Å². The van der Waals surface area contributed by atoms with Crippen molar-refractivity contribution in [2.45, 2.75) is 440 Å². The van der Waals surface area contributed by atoms with Crippen LogP contribution in [0.25, 0.3) is 0 Å². The summed E-state index contributed by atoms with van der Waals surface area (Å²) in [5, 5.41) is 10.6.